The molecule has 0 aliphatic carbocycles. The minimum atomic E-state index is 0.773. The van der Waals surface area contributed by atoms with E-state index in [2.05, 4.69) is 56.9 Å². The standard InChI is InChI=1S/C24H47N3/c1-17(2)21-13-23(25-15-21)11-18(3)22-14-24(27(6)16-22)12-19(4)20-7-9-26(5)10-8-20/h17-25H,7-16H2,1-6H3/t18-,19-,21?,22?,23?,24?/m1/s1. The summed E-state index contributed by atoms with van der Waals surface area (Å²) in [4.78, 5) is 5.20. The van der Waals surface area contributed by atoms with Gasteiger partial charge in [0.05, 0.1) is 0 Å². The third-order valence-corrected chi connectivity index (χ3v) is 8.59. The second kappa shape index (κ2) is 9.59. The zero-order valence-corrected chi connectivity index (χ0v) is 19.1. The SMILES string of the molecule is CC(C)C1CNC(C[C@@H](C)C2CC(C[C@@H](C)C3CCN(C)CC3)N(C)C2)C1. The molecule has 3 heteroatoms. The van der Waals surface area contributed by atoms with Crippen molar-refractivity contribution in [3.05, 3.63) is 0 Å². The Labute approximate surface area is 169 Å². The summed E-state index contributed by atoms with van der Waals surface area (Å²) >= 11 is 0. The largest absolute Gasteiger partial charge is 0.314 e. The lowest BCUT2D eigenvalue weighted by atomic mass is 9.80. The van der Waals surface area contributed by atoms with E-state index in [1.54, 1.807) is 0 Å². The van der Waals surface area contributed by atoms with Gasteiger partial charge < -0.3 is 15.1 Å². The molecule has 0 aromatic heterocycles. The zero-order valence-electron chi connectivity index (χ0n) is 19.1. The maximum atomic E-state index is 3.83. The summed E-state index contributed by atoms with van der Waals surface area (Å²) in [5, 5.41) is 3.83. The fourth-order valence-electron chi connectivity index (χ4n) is 6.21. The highest BCUT2D eigenvalue weighted by atomic mass is 15.2. The van der Waals surface area contributed by atoms with Gasteiger partial charge in [-0.25, -0.2) is 0 Å². The van der Waals surface area contributed by atoms with Crippen LogP contribution in [0, 0.1) is 35.5 Å². The molecule has 3 aliphatic rings. The zero-order chi connectivity index (χ0) is 19.6. The predicted octanol–water partition coefficient (Wildman–Crippen LogP) is 4.34. The Morgan fingerprint density at radius 2 is 1.52 bits per heavy atom. The molecule has 0 bridgehead atoms. The fraction of sp³-hybridized carbons (Fsp3) is 1.00. The van der Waals surface area contributed by atoms with Crippen LogP contribution in [0.15, 0.2) is 0 Å². The molecule has 3 nitrogen and oxygen atoms in total. The lowest BCUT2D eigenvalue weighted by Crippen LogP contribution is -2.35. The number of piperidine rings is 1. The van der Waals surface area contributed by atoms with Gasteiger partial charge in [-0.2, -0.15) is 0 Å². The van der Waals surface area contributed by atoms with Gasteiger partial charge in [0, 0.05) is 18.6 Å². The van der Waals surface area contributed by atoms with Crippen LogP contribution in [0.1, 0.15) is 66.2 Å². The summed E-state index contributed by atoms with van der Waals surface area (Å²) in [5.74, 6) is 5.35. The van der Waals surface area contributed by atoms with E-state index in [-0.39, 0.29) is 0 Å². The molecule has 0 radical (unpaired) electrons. The molecule has 0 saturated carbocycles. The van der Waals surface area contributed by atoms with Crippen molar-refractivity contribution in [3.8, 4) is 0 Å². The number of rotatable bonds is 7. The third kappa shape index (κ3) is 5.70. The first-order chi connectivity index (χ1) is 12.8. The lowest BCUT2D eigenvalue weighted by molar-refractivity contribution is 0.152. The Morgan fingerprint density at radius 1 is 0.852 bits per heavy atom. The molecule has 0 spiro atoms. The first-order valence-corrected chi connectivity index (χ1v) is 12.0. The van der Waals surface area contributed by atoms with E-state index in [1.807, 2.05) is 0 Å². The normalized spacial score (nSPS) is 36.6. The van der Waals surface area contributed by atoms with Crippen LogP contribution in [0.4, 0.5) is 0 Å². The minimum Gasteiger partial charge on any atom is -0.314 e. The first-order valence-electron chi connectivity index (χ1n) is 12.0. The molecular weight excluding hydrogens is 330 g/mol. The Kier molecular flexibility index (Phi) is 7.66. The third-order valence-electron chi connectivity index (χ3n) is 8.59. The van der Waals surface area contributed by atoms with Crippen LogP contribution in [0.3, 0.4) is 0 Å². The molecule has 158 valence electrons. The average molecular weight is 378 g/mol. The molecule has 3 heterocycles. The Balaban J connectivity index is 1.43. The van der Waals surface area contributed by atoms with Crippen molar-refractivity contribution < 1.29 is 0 Å². The smallest absolute Gasteiger partial charge is 0.00981 e. The second-order valence-corrected chi connectivity index (χ2v) is 11.0. The molecule has 0 aromatic rings. The average Bonchev–Trinajstić information content (AvgIpc) is 3.23. The van der Waals surface area contributed by atoms with E-state index in [1.165, 1.54) is 64.7 Å². The van der Waals surface area contributed by atoms with Gasteiger partial charge in [-0.3, -0.25) is 0 Å². The maximum absolute atomic E-state index is 3.83. The van der Waals surface area contributed by atoms with Gasteiger partial charge in [-0.15, -0.1) is 0 Å². The number of hydrogen-bond donors (Lipinski definition) is 1. The summed E-state index contributed by atoms with van der Waals surface area (Å²) in [6.45, 7) is 15.0. The highest BCUT2D eigenvalue weighted by Gasteiger charge is 2.36. The minimum absolute atomic E-state index is 0.773. The van der Waals surface area contributed by atoms with Gasteiger partial charge in [0.25, 0.3) is 0 Å². The fourth-order valence-corrected chi connectivity index (χ4v) is 6.21. The van der Waals surface area contributed by atoms with Crippen LogP contribution in [0.25, 0.3) is 0 Å². The van der Waals surface area contributed by atoms with E-state index < -0.39 is 0 Å². The Bertz CT molecular complexity index is 443. The molecular formula is C24H47N3. The van der Waals surface area contributed by atoms with E-state index in [0.29, 0.717) is 0 Å². The van der Waals surface area contributed by atoms with Gasteiger partial charge in [-0.1, -0.05) is 27.7 Å². The van der Waals surface area contributed by atoms with Gasteiger partial charge in [-0.05, 0) is 108 Å². The number of hydrogen-bond acceptors (Lipinski definition) is 3. The second-order valence-electron chi connectivity index (χ2n) is 11.0. The summed E-state index contributed by atoms with van der Waals surface area (Å²) in [5.41, 5.74) is 0. The van der Waals surface area contributed by atoms with Gasteiger partial charge >= 0.3 is 0 Å². The highest BCUT2D eigenvalue weighted by Crippen LogP contribution is 2.37. The van der Waals surface area contributed by atoms with Crippen molar-refractivity contribution in [3.63, 3.8) is 0 Å². The van der Waals surface area contributed by atoms with E-state index in [9.17, 15) is 0 Å². The summed E-state index contributed by atoms with van der Waals surface area (Å²) in [6.07, 6.45) is 8.48. The van der Waals surface area contributed by atoms with Crippen molar-refractivity contribution in [1.82, 2.24) is 15.1 Å². The molecule has 0 amide bonds. The summed E-state index contributed by atoms with van der Waals surface area (Å²) < 4.78 is 0. The van der Waals surface area contributed by atoms with Crippen LogP contribution in [0.2, 0.25) is 0 Å². The molecule has 3 fully saturated rings. The quantitative estimate of drug-likeness (QED) is 0.712. The molecule has 6 atom stereocenters. The molecule has 3 rings (SSSR count). The molecule has 4 unspecified atom stereocenters. The van der Waals surface area contributed by atoms with Crippen LogP contribution in [0.5, 0.6) is 0 Å². The van der Waals surface area contributed by atoms with Crippen LogP contribution in [-0.2, 0) is 0 Å². The van der Waals surface area contributed by atoms with E-state index in [0.717, 1.165) is 47.6 Å². The number of nitrogens with one attached hydrogen (secondary N) is 1. The summed E-state index contributed by atoms with van der Waals surface area (Å²) in [6, 6.07) is 1.60. The van der Waals surface area contributed by atoms with Gasteiger partial charge in [0.2, 0.25) is 0 Å². The van der Waals surface area contributed by atoms with Crippen molar-refractivity contribution in [2.45, 2.75) is 78.3 Å². The van der Waals surface area contributed by atoms with Gasteiger partial charge in [0.15, 0.2) is 0 Å². The van der Waals surface area contributed by atoms with Crippen molar-refractivity contribution in [1.29, 1.82) is 0 Å². The number of likely N-dealkylation sites (tertiary alicyclic amines) is 2. The maximum Gasteiger partial charge on any atom is 0.00981 e. The van der Waals surface area contributed by atoms with Crippen LogP contribution in [-0.4, -0.2) is 62.2 Å². The topological polar surface area (TPSA) is 18.5 Å². The Hall–Kier alpha value is -0.120. The summed E-state index contributed by atoms with van der Waals surface area (Å²) in [7, 11) is 4.67. The molecule has 3 aliphatic heterocycles. The van der Waals surface area contributed by atoms with Crippen molar-refractivity contribution >= 4 is 0 Å². The Morgan fingerprint density at radius 3 is 2.15 bits per heavy atom. The monoisotopic (exact) mass is 377 g/mol. The molecule has 3 saturated heterocycles. The molecule has 27 heavy (non-hydrogen) atoms. The predicted molar refractivity (Wildman–Crippen MR) is 117 cm³/mol. The van der Waals surface area contributed by atoms with E-state index >= 15 is 0 Å². The van der Waals surface area contributed by atoms with Gasteiger partial charge in [0.1, 0.15) is 0 Å². The highest BCUT2D eigenvalue weighted by molar-refractivity contribution is 4.91. The molecule has 1 N–H and O–H groups in total. The number of nitrogens with zero attached hydrogens (tertiary/aromatic N) is 2. The van der Waals surface area contributed by atoms with E-state index in [4.69, 9.17) is 0 Å². The van der Waals surface area contributed by atoms with Crippen LogP contribution < -0.4 is 5.32 Å². The lowest BCUT2D eigenvalue weighted by Gasteiger charge is -2.34. The molecule has 0 aromatic carbocycles. The van der Waals surface area contributed by atoms with Crippen molar-refractivity contribution in [2.75, 3.05) is 40.3 Å². The van der Waals surface area contributed by atoms with Crippen molar-refractivity contribution in [2.24, 2.45) is 35.5 Å². The first kappa shape index (κ1) is 21.6. The van der Waals surface area contributed by atoms with Crippen LogP contribution >= 0.6 is 0 Å².